The van der Waals surface area contributed by atoms with Crippen molar-refractivity contribution < 1.29 is 14.6 Å². The van der Waals surface area contributed by atoms with Crippen LogP contribution in [0, 0.1) is 0 Å². The first-order valence-corrected chi connectivity index (χ1v) is 7.46. The maximum absolute atomic E-state index is 11.0. The number of carboxylic acid groups (broad SMARTS) is 1. The van der Waals surface area contributed by atoms with E-state index in [0.29, 0.717) is 18.8 Å². The van der Waals surface area contributed by atoms with Crippen molar-refractivity contribution in [2.75, 3.05) is 11.9 Å². The highest BCUT2D eigenvalue weighted by atomic mass is 35.5. The smallest absolute Gasteiger partial charge is 0.337 e. The van der Waals surface area contributed by atoms with Gasteiger partial charge < -0.3 is 15.2 Å². The molecule has 0 radical (unpaired) electrons. The third-order valence-electron chi connectivity index (χ3n) is 3.09. The van der Waals surface area contributed by atoms with E-state index in [2.05, 4.69) is 12.2 Å². The Labute approximate surface area is 134 Å². The number of rotatable bonds is 7. The molecule has 0 fully saturated rings. The largest absolute Gasteiger partial charge is 0.494 e. The van der Waals surface area contributed by atoms with E-state index in [4.69, 9.17) is 21.4 Å². The number of ether oxygens (including phenoxy) is 1. The molecule has 4 nitrogen and oxygen atoms in total. The summed E-state index contributed by atoms with van der Waals surface area (Å²) in [6.07, 6.45) is 0.978. The Balaban J connectivity index is 1.98. The lowest BCUT2D eigenvalue weighted by molar-refractivity contribution is 0.0697. The van der Waals surface area contributed by atoms with Crippen LogP contribution in [0.5, 0.6) is 5.75 Å². The molecule has 0 atom stereocenters. The third kappa shape index (κ3) is 4.40. The van der Waals surface area contributed by atoms with Crippen LogP contribution in [0.25, 0.3) is 0 Å². The van der Waals surface area contributed by atoms with E-state index in [1.165, 1.54) is 6.07 Å². The second kappa shape index (κ2) is 7.71. The maximum atomic E-state index is 11.0. The quantitative estimate of drug-likeness (QED) is 0.792. The van der Waals surface area contributed by atoms with E-state index in [1.807, 2.05) is 24.3 Å². The van der Waals surface area contributed by atoms with Crippen molar-refractivity contribution in [2.24, 2.45) is 0 Å². The summed E-state index contributed by atoms with van der Waals surface area (Å²) in [5, 5.41) is 12.5. The van der Waals surface area contributed by atoms with Crippen LogP contribution < -0.4 is 10.1 Å². The molecule has 0 aliphatic rings. The molecule has 2 aromatic rings. The van der Waals surface area contributed by atoms with Crippen molar-refractivity contribution in [1.82, 2.24) is 0 Å². The van der Waals surface area contributed by atoms with Gasteiger partial charge >= 0.3 is 5.97 Å². The first-order chi connectivity index (χ1) is 10.6. The Kier molecular flexibility index (Phi) is 5.67. The standard InChI is InChI=1S/C17H18ClNO3/c1-2-9-22-14-6-3-12(4-7-14)11-19-13-5-8-16(18)15(10-13)17(20)21/h3-8,10,19H,2,9,11H2,1H3,(H,20,21). The summed E-state index contributed by atoms with van der Waals surface area (Å²) in [4.78, 5) is 11.0. The van der Waals surface area contributed by atoms with Crippen molar-refractivity contribution in [3.8, 4) is 5.75 Å². The summed E-state index contributed by atoms with van der Waals surface area (Å²) in [7, 11) is 0. The number of hydrogen-bond donors (Lipinski definition) is 2. The summed E-state index contributed by atoms with van der Waals surface area (Å²) >= 11 is 5.84. The average molecular weight is 320 g/mol. The minimum atomic E-state index is -1.04. The highest BCUT2D eigenvalue weighted by Crippen LogP contribution is 2.21. The monoisotopic (exact) mass is 319 g/mol. The molecule has 0 saturated carbocycles. The molecular formula is C17H18ClNO3. The van der Waals surface area contributed by atoms with Gasteiger partial charge in [0.25, 0.3) is 0 Å². The lowest BCUT2D eigenvalue weighted by atomic mass is 10.2. The van der Waals surface area contributed by atoms with Gasteiger partial charge in [0, 0.05) is 12.2 Å². The van der Waals surface area contributed by atoms with Gasteiger partial charge in [-0.15, -0.1) is 0 Å². The van der Waals surface area contributed by atoms with Crippen molar-refractivity contribution in [1.29, 1.82) is 0 Å². The summed E-state index contributed by atoms with van der Waals surface area (Å²) < 4.78 is 5.53. The second-order valence-corrected chi connectivity index (χ2v) is 5.25. The Bertz CT molecular complexity index is 641. The van der Waals surface area contributed by atoms with Crippen LogP contribution in [-0.4, -0.2) is 17.7 Å². The maximum Gasteiger partial charge on any atom is 0.337 e. The highest BCUT2D eigenvalue weighted by molar-refractivity contribution is 6.33. The zero-order valence-electron chi connectivity index (χ0n) is 12.3. The van der Waals surface area contributed by atoms with Gasteiger partial charge in [0.05, 0.1) is 17.2 Å². The van der Waals surface area contributed by atoms with E-state index in [9.17, 15) is 4.79 Å². The number of hydrogen-bond acceptors (Lipinski definition) is 3. The summed E-state index contributed by atoms with van der Waals surface area (Å²) in [6.45, 7) is 3.37. The normalized spacial score (nSPS) is 10.3. The minimum Gasteiger partial charge on any atom is -0.494 e. The Morgan fingerprint density at radius 3 is 2.59 bits per heavy atom. The van der Waals surface area contributed by atoms with Gasteiger partial charge in [0.2, 0.25) is 0 Å². The molecule has 0 unspecified atom stereocenters. The van der Waals surface area contributed by atoms with E-state index in [-0.39, 0.29) is 10.6 Å². The predicted octanol–water partition coefficient (Wildman–Crippen LogP) is 4.44. The Morgan fingerprint density at radius 1 is 1.23 bits per heavy atom. The summed E-state index contributed by atoms with van der Waals surface area (Å²) in [6, 6.07) is 12.7. The van der Waals surface area contributed by atoms with Gasteiger partial charge in [-0.3, -0.25) is 0 Å². The molecule has 0 aromatic heterocycles. The van der Waals surface area contributed by atoms with Gasteiger partial charge in [-0.05, 0) is 42.3 Å². The molecule has 0 saturated heterocycles. The van der Waals surface area contributed by atoms with Gasteiger partial charge in [-0.1, -0.05) is 30.7 Å². The number of aromatic carboxylic acids is 1. The zero-order valence-corrected chi connectivity index (χ0v) is 13.1. The fourth-order valence-electron chi connectivity index (χ4n) is 1.93. The van der Waals surface area contributed by atoms with Crippen LogP contribution in [-0.2, 0) is 6.54 Å². The number of carbonyl (C=O) groups is 1. The molecule has 2 N–H and O–H groups in total. The van der Waals surface area contributed by atoms with Crippen molar-refractivity contribution >= 4 is 23.3 Å². The average Bonchev–Trinajstić information content (AvgIpc) is 2.53. The van der Waals surface area contributed by atoms with Crippen LogP contribution in [0.2, 0.25) is 5.02 Å². The highest BCUT2D eigenvalue weighted by Gasteiger charge is 2.09. The van der Waals surface area contributed by atoms with Gasteiger partial charge in [0.15, 0.2) is 0 Å². The molecule has 5 heteroatoms. The van der Waals surface area contributed by atoms with E-state index in [1.54, 1.807) is 12.1 Å². The Morgan fingerprint density at radius 2 is 1.95 bits per heavy atom. The van der Waals surface area contributed by atoms with Gasteiger partial charge in [0.1, 0.15) is 5.75 Å². The van der Waals surface area contributed by atoms with Crippen LogP contribution in [0.4, 0.5) is 5.69 Å². The zero-order chi connectivity index (χ0) is 15.9. The first-order valence-electron chi connectivity index (χ1n) is 7.08. The fourth-order valence-corrected chi connectivity index (χ4v) is 2.13. The molecule has 0 bridgehead atoms. The topological polar surface area (TPSA) is 58.6 Å². The van der Waals surface area contributed by atoms with Crippen molar-refractivity contribution in [2.45, 2.75) is 19.9 Å². The molecule has 2 rings (SSSR count). The van der Waals surface area contributed by atoms with Crippen molar-refractivity contribution in [3.05, 3.63) is 58.6 Å². The Hall–Kier alpha value is -2.20. The fraction of sp³-hybridized carbons (Fsp3) is 0.235. The summed E-state index contributed by atoms with van der Waals surface area (Å²) in [5.41, 5.74) is 1.89. The second-order valence-electron chi connectivity index (χ2n) is 4.85. The number of anilines is 1. The number of benzene rings is 2. The molecule has 0 heterocycles. The third-order valence-corrected chi connectivity index (χ3v) is 3.42. The van der Waals surface area contributed by atoms with E-state index >= 15 is 0 Å². The predicted molar refractivity (Wildman–Crippen MR) is 88.0 cm³/mol. The van der Waals surface area contributed by atoms with Crippen LogP contribution in [0.3, 0.4) is 0 Å². The molecule has 0 aliphatic carbocycles. The molecule has 0 amide bonds. The summed E-state index contributed by atoms with van der Waals surface area (Å²) in [5.74, 6) is -0.184. The molecule has 116 valence electrons. The molecule has 0 spiro atoms. The number of carboxylic acids is 1. The number of nitrogens with one attached hydrogen (secondary N) is 1. The lowest BCUT2D eigenvalue weighted by Crippen LogP contribution is -2.03. The van der Waals surface area contributed by atoms with Gasteiger partial charge in [-0.25, -0.2) is 4.79 Å². The molecular weight excluding hydrogens is 302 g/mol. The molecule has 2 aromatic carbocycles. The van der Waals surface area contributed by atoms with Crippen LogP contribution >= 0.6 is 11.6 Å². The SMILES string of the molecule is CCCOc1ccc(CNc2ccc(Cl)c(C(=O)O)c2)cc1. The van der Waals surface area contributed by atoms with E-state index < -0.39 is 5.97 Å². The molecule has 0 aliphatic heterocycles. The number of halogens is 1. The minimum absolute atomic E-state index is 0.0926. The lowest BCUT2D eigenvalue weighted by Gasteiger charge is -2.09. The van der Waals surface area contributed by atoms with Crippen LogP contribution in [0.1, 0.15) is 29.3 Å². The van der Waals surface area contributed by atoms with E-state index in [0.717, 1.165) is 17.7 Å². The van der Waals surface area contributed by atoms with Crippen molar-refractivity contribution in [3.63, 3.8) is 0 Å². The first kappa shape index (κ1) is 16.2. The van der Waals surface area contributed by atoms with Crippen LogP contribution in [0.15, 0.2) is 42.5 Å². The van der Waals surface area contributed by atoms with Gasteiger partial charge in [-0.2, -0.15) is 0 Å². The molecule has 22 heavy (non-hydrogen) atoms.